The number of nitrogens with zero attached hydrogens (tertiary/aromatic N) is 1. The van der Waals surface area contributed by atoms with Gasteiger partial charge in [-0.05, 0) is 44.5 Å². The molecule has 0 radical (unpaired) electrons. The summed E-state index contributed by atoms with van der Waals surface area (Å²) in [5, 5.41) is 14.0. The van der Waals surface area contributed by atoms with Crippen LogP contribution in [0.1, 0.15) is 30.0 Å². The van der Waals surface area contributed by atoms with E-state index in [9.17, 15) is 14.5 Å². The first-order chi connectivity index (χ1) is 9.38. The summed E-state index contributed by atoms with van der Waals surface area (Å²) in [4.78, 5) is 10.4. The minimum Gasteiger partial charge on any atom is -0.464 e. The molecule has 0 fully saturated rings. The Kier molecular flexibility index (Phi) is 3.74. The highest BCUT2D eigenvalue weighted by Crippen LogP contribution is 2.31. The van der Waals surface area contributed by atoms with Crippen LogP contribution in [0.5, 0.6) is 0 Å². The van der Waals surface area contributed by atoms with Crippen LogP contribution in [0.3, 0.4) is 0 Å². The van der Waals surface area contributed by atoms with E-state index in [0.29, 0.717) is 11.3 Å². The van der Waals surface area contributed by atoms with Gasteiger partial charge in [-0.2, -0.15) is 0 Å². The summed E-state index contributed by atoms with van der Waals surface area (Å²) >= 11 is 0. The SMILES string of the molecule is Cc1ccc(C(C)Nc2cc(C)c(F)cc2[N+](=O)[O-])o1. The molecule has 1 N–H and O–H groups in total. The molecule has 106 valence electrons. The zero-order valence-electron chi connectivity index (χ0n) is 11.4. The Bertz CT molecular complexity index is 652. The highest BCUT2D eigenvalue weighted by atomic mass is 19.1. The molecule has 1 aromatic carbocycles. The van der Waals surface area contributed by atoms with Crippen LogP contribution in [0.25, 0.3) is 0 Å². The number of nitro groups is 1. The normalized spacial score (nSPS) is 12.2. The first kappa shape index (κ1) is 14.0. The number of benzene rings is 1. The van der Waals surface area contributed by atoms with Gasteiger partial charge in [0.2, 0.25) is 0 Å². The molecule has 2 rings (SSSR count). The highest BCUT2D eigenvalue weighted by molar-refractivity contribution is 5.63. The molecular weight excluding hydrogens is 263 g/mol. The Hall–Kier alpha value is -2.37. The minimum atomic E-state index is -0.606. The van der Waals surface area contributed by atoms with Gasteiger partial charge in [0.1, 0.15) is 23.0 Å². The fraction of sp³-hybridized carbons (Fsp3) is 0.286. The first-order valence-electron chi connectivity index (χ1n) is 6.16. The number of furan rings is 1. The molecule has 0 spiro atoms. The molecule has 2 aromatic rings. The number of anilines is 1. The molecule has 1 heterocycles. The summed E-state index contributed by atoms with van der Waals surface area (Å²) in [6.45, 7) is 5.20. The molecule has 0 amide bonds. The van der Waals surface area contributed by atoms with E-state index in [1.807, 2.05) is 19.9 Å². The summed E-state index contributed by atoms with van der Waals surface area (Å²) in [5.41, 5.74) is 0.333. The standard InChI is InChI=1S/C14H15FN2O3/c1-8-6-12(13(17(18)19)7-11(8)15)16-10(3)14-5-4-9(2)20-14/h4-7,10,16H,1-3H3. The maximum atomic E-state index is 13.4. The Morgan fingerprint density at radius 2 is 2.05 bits per heavy atom. The van der Waals surface area contributed by atoms with E-state index in [2.05, 4.69) is 5.32 Å². The van der Waals surface area contributed by atoms with Crippen molar-refractivity contribution in [1.82, 2.24) is 0 Å². The van der Waals surface area contributed by atoms with Crippen molar-refractivity contribution in [2.75, 3.05) is 5.32 Å². The van der Waals surface area contributed by atoms with Gasteiger partial charge < -0.3 is 9.73 Å². The monoisotopic (exact) mass is 278 g/mol. The lowest BCUT2D eigenvalue weighted by Gasteiger charge is -2.14. The van der Waals surface area contributed by atoms with Crippen LogP contribution in [-0.2, 0) is 0 Å². The summed E-state index contributed by atoms with van der Waals surface area (Å²) in [7, 11) is 0. The lowest BCUT2D eigenvalue weighted by Crippen LogP contribution is -2.08. The molecule has 0 saturated carbocycles. The van der Waals surface area contributed by atoms with E-state index in [-0.39, 0.29) is 17.4 Å². The molecule has 20 heavy (non-hydrogen) atoms. The van der Waals surface area contributed by atoms with Crippen molar-refractivity contribution in [3.63, 3.8) is 0 Å². The number of hydrogen-bond donors (Lipinski definition) is 1. The van der Waals surface area contributed by atoms with E-state index in [4.69, 9.17) is 4.42 Å². The summed E-state index contributed by atoms with van der Waals surface area (Å²) < 4.78 is 18.9. The van der Waals surface area contributed by atoms with Crippen LogP contribution in [-0.4, -0.2) is 4.92 Å². The molecule has 0 aliphatic carbocycles. The van der Waals surface area contributed by atoms with E-state index in [1.165, 1.54) is 6.07 Å². The summed E-state index contributed by atoms with van der Waals surface area (Å²) in [5.74, 6) is 0.834. The van der Waals surface area contributed by atoms with E-state index in [1.54, 1.807) is 13.0 Å². The zero-order valence-corrected chi connectivity index (χ0v) is 11.4. The summed E-state index contributed by atoms with van der Waals surface area (Å²) in [6.07, 6.45) is 0. The van der Waals surface area contributed by atoms with Crippen molar-refractivity contribution in [2.45, 2.75) is 26.8 Å². The third kappa shape index (κ3) is 2.79. The number of rotatable bonds is 4. The Morgan fingerprint density at radius 3 is 2.60 bits per heavy atom. The highest BCUT2D eigenvalue weighted by Gasteiger charge is 2.20. The molecule has 5 nitrogen and oxygen atoms in total. The molecule has 1 unspecified atom stereocenters. The Morgan fingerprint density at radius 1 is 1.35 bits per heavy atom. The smallest absolute Gasteiger partial charge is 0.295 e. The average Bonchev–Trinajstić information content (AvgIpc) is 2.80. The van der Waals surface area contributed by atoms with Gasteiger partial charge in [-0.25, -0.2) is 4.39 Å². The Balaban J connectivity index is 2.33. The molecule has 1 aromatic heterocycles. The van der Waals surface area contributed by atoms with Crippen LogP contribution in [0.2, 0.25) is 0 Å². The van der Waals surface area contributed by atoms with E-state index in [0.717, 1.165) is 11.8 Å². The van der Waals surface area contributed by atoms with Crippen molar-refractivity contribution in [2.24, 2.45) is 0 Å². The Labute approximate surface area is 115 Å². The van der Waals surface area contributed by atoms with Gasteiger partial charge in [-0.3, -0.25) is 10.1 Å². The quantitative estimate of drug-likeness (QED) is 0.674. The van der Waals surface area contributed by atoms with Gasteiger partial charge in [0.15, 0.2) is 0 Å². The van der Waals surface area contributed by atoms with Crippen LogP contribution >= 0.6 is 0 Å². The third-order valence-corrected chi connectivity index (χ3v) is 3.03. The largest absolute Gasteiger partial charge is 0.464 e. The first-order valence-corrected chi connectivity index (χ1v) is 6.16. The number of nitro benzene ring substituents is 1. The number of halogens is 1. The molecule has 0 bridgehead atoms. The average molecular weight is 278 g/mol. The fourth-order valence-electron chi connectivity index (χ4n) is 1.93. The van der Waals surface area contributed by atoms with Crippen molar-refractivity contribution >= 4 is 11.4 Å². The minimum absolute atomic E-state index is 0.257. The summed E-state index contributed by atoms with van der Waals surface area (Å²) in [6, 6.07) is 5.72. The van der Waals surface area contributed by atoms with E-state index >= 15 is 0 Å². The zero-order chi connectivity index (χ0) is 14.9. The second-order valence-electron chi connectivity index (χ2n) is 4.69. The number of aryl methyl sites for hydroxylation is 2. The fourth-order valence-corrected chi connectivity index (χ4v) is 1.93. The van der Waals surface area contributed by atoms with Crippen LogP contribution in [0.15, 0.2) is 28.7 Å². The molecular formula is C14H15FN2O3. The molecule has 0 aliphatic heterocycles. The third-order valence-electron chi connectivity index (χ3n) is 3.03. The van der Waals surface area contributed by atoms with Crippen LogP contribution in [0.4, 0.5) is 15.8 Å². The van der Waals surface area contributed by atoms with Gasteiger partial charge in [0, 0.05) is 0 Å². The molecule has 0 saturated heterocycles. The second kappa shape index (κ2) is 5.32. The van der Waals surface area contributed by atoms with E-state index < -0.39 is 10.7 Å². The number of hydrogen-bond acceptors (Lipinski definition) is 4. The predicted octanol–water partition coefficient (Wildman–Crippen LogP) is 4.12. The predicted molar refractivity (Wildman–Crippen MR) is 73.3 cm³/mol. The van der Waals surface area contributed by atoms with Gasteiger partial charge in [-0.1, -0.05) is 0 Å². The van der Waals surface area contributed by atoms with Crippen LogP contribution in [0, 0.1) is 29.8 Å². The lowest BCUT2D eigenvalue weighted by atomic mass is 10.1. The molecule has 0 aliphatic rings. The lowest BCUT2D eigenvalue weighted by molar-refractivity contribution is -0.384. The molecule has 1 atom stereocenters. The van der Waals surface area contributed by atoms with Crippen LogP contribution < -0.4 is 5.32 Å². The van der Waals surface area contributed by atoms with Crippen molar-refractivity contribution < 1.29 is 13.7 Å². The van der Waals surface area contributed by atoms with Gasteiger partial charge in [-0.15, -0.1) is 0 Å². The van der Waals surface area contributed by atoms with Gasteiger partial charge in [0.05, 0.1) is 17.0 Å². The topological polar surface area (TPSA) is 68.3 Å². The maximum Gasteiger partial charge on any atom is 0.295 e. The second-order valence-corrected chi connectivity index (χ2v) is 4.69. The molecule has 6 heteroatoms. The van der Waals surface area contributed by atoms with Crippen molar-refractivity contribution in [1.29, 1.82) is 0 Å². The number of nitrogens with one attached hydrogen (secondary N) is 1. The van der Waals surface area contributed by atoms with Gasteiger partial charge in [0.25, 0.3) is 5.69 Å². The van der Waals surface area contributed by atoms with Crippen molar-refractivity contribution in [3.05, 3.63) is 57.3 Å². The van der Waals surface area contributed by atoms with Gasteiger partial charge >= 0.3 is 0 Å². The maximum absolute atomic E-state index is 13.4. The van der Waals surface area contributed by atoms with Crippen molar-refractivity contribution in [3.8, 4) is 0 Å².